The van der Waals surface area contributed by atoms with Gasteiger partial charge in [0.2, 0.25) is 11.2 Å². The van der Waals surface area contributed by atoms with Crippen molar-refractivity contribution in [3.05, 3.63) is 53.8 Å². The summed E-state index contributed by atoms with van der Waals surface area (Å²) in [4.78, 5) is 15.9. The quantitative estimate of drug-likeness (QED) is 0.737. The first-order valence-corrected chi connectivity index (χ1v) is 6.21. The van der Waals surface area contributed by atoms with Crippen LogP contribution in [0.3, 0.4) is 0 Å². The molecule has 0 spiro atoms. The lowest BCUT2D eigenvalue weighted by Crippen LogP contribution is -2.03. The van der Waals surface area contributed by atoms with E-state index >= 15 is 0 Å². The van der Waals surface area contributed by atoms with Gasteiger partial charge in [0.25, 0.3) is 0 Å². The second-order valence-corrected chi connectivity index (χ2v) is 4.21. The van der Waals surface area contributed by atoms with E-state index in [1.165, 1.54) is 6.33 Å². The van der Waals surface area contributed by atoms with Gasteiger partial charge in [-0.05, 0) is 23.7 Å². The zero-order valence-electron chi connectivity index (χ0n) is 10.5. The molecule has 8 heteroatoms. The first-order valence-electron chi connectivity index (χ1n) is 5.83. The van der Waals surface area contributed by atoms with Crippen molar-refractivity contribution in [1.29, 1.82) is 5.26 Å². The maximum absolute atomic E-state index is 9.03. The lowest BCUT2D eigenvalue weighted by Gasteiger charge is -2.07. The minimum absolute atomic E-state index is 0.00130. The maximum atomic E-state index is 9.03. The van der Waals surface area contributed by atoms with Gasteiger partial charge in [0.1, 0.15) is 18.1 Å². The summed E-state index contributed by atoms with van der Waals surface area (Å²) >= 11 is 5.87. The Bertz CT molecular complexity index is 812. The van der Waals surface area contributed by atoms with Crippen molar-refractivity contribution in [2.24, 2.45) is 0 Å². The highest BCUT2D eigenvalue weighted by Crippen LogP contribution is 2.23. The highest BCUT2D eigenvalue weighted by molar-refractivity contribution is 6.28. The molecule has 0 aliphatic heterocycles. The fraction of sp³-hybridized carbons (Fsp3) is 0. The molecular weight excluding hydrogens is 292 g/mol. The van der Waals surface area contributed by atoms with Crippen LogP contribution in [0, 0.1) is 11.3 Å². The van der Waals surface area contributed by atoms with Gasteiger partial charge in [-0.2, -0.15) is 20.2 Å². The van der Waals surface area contributed by atoms with E-state index in [0.717, 1.165) is 0 Å². The third-order valence-corrected chi connectivity index (χ3v) is 2.69. The summed E-state index contributed by atoms with van der Waals surface area (Å²) in [5.41, 5.74) is 0.373. The average Bonchev–Trinajstić information content (AvgIpc) is 3.01. The average molecular weight is 299 g/mol. The normalized spacial score (nSPS) is 10.1. The van der Waals surface area contributed by atoms with Crippen LogP contribution >= 0.6 is 11.6 Å². The number of para-hydroxylation sites is 1. The molecule has 0 saturated heterocycles. The molecule has 3 aromatic rings. The third kappa shape index (κ3) is 2.80. The van der Waals surface area contributed by atoms with Crippen LogP contribution in [0.1, 0.15) is 5.56 Å². The van der Waals surface area contributed by atoms with E-state index in [0.29, 0.717) is 11.3 Å². The van der Waals surface area contributed by atoms with E-state index in [-0.39, 0.29) is 17.2 Å². The Hall–Kier alpha value is -2.98. The highest BCUT2D eigenvalue weighted by atomic mass is 35.5. The molecule has 0 N–H and O–H groups in total. The van der Waals surface area contributed by atoms with Gasteiger partial charge in [0.15, 0.2) is 0 Å². The minimum atomic E-state index is -0.0156. The summed E-state index contributed by atoms with van der Waals surface area (Å²) in [6.07, 6.45) is 4.78. The fourth-order valence-electron chi connectivity index (χ4n) is 1.61. The first-order chi connectivity index (χ1) is 10.3. The van der Waals surface area contributed by atoms with E-state index < -0.39 is 0 Å². The van der Waals surface area contributed by atoms with Crippen LogP contribution in [0.15, 0.2) is 43.0 Å². The van der Waals surface area contributed by atoms with E-state index in [4.69, 9.17) is 21.6 Å². The first kappa shape index (κ1) is 13.0. The second-order valence-electron chi connectivity index (χ2n) is 3.87. The van der Waals surface area contributed by atoms with Crippen molar-refractivity contribution < 1.29 is 4.74 Å². The molecule has 0 radical (unpaired) electrons. The van der Waals surface area contributed by atoms with Gasteiger partial charge in [-0.1, -0.05) is 12.1 Å². The van der Waals surface area contributed by atoms with Gasteiger partial charge in [0.05, 0.1) is 5.56 Å². The topological polar surface area (TPSA) is 89.5 Å². The minimum Gasteiger partial charge on any atom is -0.423 e. The summed E-state index contributed by atoms with van der Waals surface area (Å²) in [7, 11) is 0. The Morgan fingerprint density at radius 3 is 2.81 bits per heavy atom. The molecule has 0 fully saturated rings. The zero-order chi connectivity index (χ0) is 14.7. The van der Waals surface area contributed by atoms with Crippen molar-refractivity contribution in [1.82, 2.24) is 24.5 Å². The number of hydrogen-bond acceptors (Lipinski definition) is 6. The molecule has 0 atom stereocenters. The number of ether oxygens (including phenoxy) is 1. The van der Waals surface area contributed by atoms with E-state index in [1.54, 1.807) is 41.2 Å². The standard InChI is InChI=1S/C13H7ClN6O/c14-11-17-12(20-6-5-16-8-20)19-13(18-11)21-10-4-2-1-3-9(10)7-15/h1-6,8H. The SMILES string of the molecule is N#Cc1ccccc1Oc1nc(Cl)nc(-n2ccnc2)n1. The summed E-state index contributed by atoms with van der Waals surface area (Å²) < 4.78 is 7.08. The Labute approximate surface area is 124 Å². The third-order valence-electron chi connectivity index (χ3n) is 2.52. The maximum Gasteiger partial charge on any atom is 0.328 e. The highest BCUT2D eigenvalue weighted by Gasteiger charge is 2.10. The van der Waals surface area contributed by atoms with Crippen molar-refractivity contribution in [3.8, 4) is 23.8 Å². The van der Waals surface area contributed by atoms with Crippen LogP contribution in [0.2, 0.25) is 5.28 Å². The van der Waals surface area contributed by atoms with Crippen LogP contribution in [-0.4, -0.2) is 24.5 Å². The zero-order valence-corrected chi connectivity index (χ0v) is 11.3. The smallest absolute Gasteiger partial charge is 0.328 e. The molecule has 1 aromatic carbocycles. The van der Waals surface area contributed by atoms with Gasteiger partial charge in [-0.15, -0.1) is 0 Å². The van der Waals surface area contributed by atoms with Gasteiger partial charge in [-0.25, -0.2) is 4.98 Å². The van der Waals surface area contributed by atoms with Crippen LogP contribution in [0.5, 0.6) is 11.8 Å². The summed E-state index contributed by atoms with van der Waals surface area (Å²) in [5, 5.41) is 9.02. The largest absolute Gasteiger partial charge is 0.423 e. The monoisotopic (exact) mass is 298 g/mol. The molecule has 0 aliphatic carbocycles. The summed E-state index contributed by atoms with van der Waals surface area (Å²) in [6, 6.07) is 8.79. The number of imidazole rings is 1. The molecule has 3 rings (SSSR count). The molecular formula is C13H7ClN6O. The predicted molar refractivity (Wildman–Crippen MR) is 73.2 cm³/mol. The van der Waals surface area contributed by atoms with Crippen LogP contribution < -0.4 is 4.74 Å². The van der Waals surface area contributed by atoms with Crippen LogP contribution in [-0.2, 0) is 0 Å². The molecule has 7 nitrogen and oxygen atoms in total. The van der Waals surface area contributed by atoms with E-state index in [9.17, 15) is 0 Å². The number of aromatic nitrogens is 5. The molecule has 102 valence electrons. The Morgan fingerprint density at radius 1 is 1.19 bits per heavy atom. The lowest BCUT2D eigenvalue weighted by atomic mass is 10.2. The van der Waals surface area contributed by atoms with Gasteiger partial charge in [-0.3, -0.25) is 4.57 Å². The predicted octanol–water partition coefficient (Wildman–Crippen LogP) is 2.37. The number of hydrogen-bond donors (Lipinski definition) is 0. The van der Waals surface area contributed by atoms with Crippen molar-refractivity contribution in [3.63, 3.8) is 0 Å². The van der Waals surface area contributed by atoms with Crippen LogP contribution in [0.4, 0.5) is 0 Å². The Kier molecular flexibility index (Phi) is 3.45. The van der Waals surface area contributed by atoms with Crippen molar-refractivity contribution in [2.45, 2.75) is 0 Å². The number of rotatable bonds is 3. The number of halogens is 1. The number of nitrogens with zero attached hydrogens (tertiary/aromatic N) is 6. The van der Waals surface area contributed by atoms with Crippen LogP contribution in [0.25, 0.3) is 5.95 Å². The van der Waals surface area contributed by atoms with Gasteiger partial charge >= 0.3 is 6.01 Å². The summed E-state index contributed by atoms with van der Waals surface area (Å²) in [5.74, 6) is 0.621. The van der Waals surface area contributed by atoms with Gasteiger partial charge < -0.3 is 4.74 Å². The molecule has 0 bridgehead atoms. The summed E-state index contributed by atoms with van der Waals surface area (Å²) in [6.45, 7) is 0. The molecule has 2 aromatic heterocycles. The Morgan fingerprint density at radius 2 is 2.05 bits per heavy atom. The lowest BCUT2D eigenvalue weighted by molar-refractivity contribution is 0.437. The van der Waals surface area contributed by atoms with E-state index in [2.05, 4.69) is 19.9 Å². The molecule has 2 heterocycles. The molecule has 0 unspecified atom stereocenters. The fourth-order valence-corrected chi connectivity index (χ4v) is 1.75. The van der Waals surface area contributed by atoms with Crippen molar-refractivity contribution in [2.75, 3.05) is 0 Å². The molecule has 0 amide bonds. The molecule has 0 aliphatic rings. The Balaban J connectivity index is 1.98. The molecule has 21 heavy (non-hydrogen) atoms. The van der Waals surface area contributed by atoms with E-state index in [1.807, 2.05) is 6.07 Å². The van der Waals surface area contributed by atoms with Crippen molar-refractivity contribution >= 4 is 11.6 Å². The number of benzene rings is 1. The second kappa shape index (κ2) is 5.56. The molecule has 0 saturated carbocycles. The van der Waals surface area contributed by atoms with Gasteiger partial charge in [0, 0.05) is 12.4 Å². The number of nitriles is 1.